The molecule has 37 heavy (non-hydrogen) atoms. The van der Waals surface area contributed by atoms with Crippen LogP contribution in [-0.4, -0.2) is 30.2 Å². The first kappa shape index (κ1) is 29.9. The lowest BCUT2D eigenvalue weighted by Gasteiger charge is -2.46. The standard InChI is InChI=1S/C33H48O2P2/c1-21-17-26(18-22(2)30(21)34-12)36(27-19-23(3)31(35-13)24(4)20-27)29-16-14-15-28(29)25(5)37(32(6,7)8)33(9,10)11/h14,16-20,25H,15H2,1-13H3/t25-/m1/s1. The van der Waals surface area contributed by atoms with E-state index in [0.717, 1.165) is 17.9 Å². The fourth-order valence-corrected chi connectivity index (χ4v) is 14.6. The predicted octanol–water partition coefficient (Wildman–Crippen LogP) is 9.05. The molecular formula is C33H48O2P2. The van der Waals surface area contributed by atoms with Gasteiger partial charge in [-0.3, -0.25) is 0 Å². The SMILES string of the molecule is COc1c(C)cc(P(C2=C([C@@H](C)P(C(C)(C)C)C(C)(C)C)CC=C2)c2cc(C)c(OC)c(C)c2)cc1C. The second-order valence-corrected chi connectivity index (χ2v) is 18.8. The Bertz CT molecular complexity index is 1090. The lowest BCUT2D eigenvalue weighted by atomic mass is 10.1. The van der Waals surface area contributed by atoms with Crippen molar-refractivity contribution in [1.82, 2.24) is 0 Å². The molecule has 2 nitrogen and oxygen atoms in total. The summed E-state index contributed by atoms with van der Waals surface area (Å²) in [6, 6.07) is 9.46. The second-order valence-electron chi connectivity index (χ2n) is 12.5. The maximum absolute atomic E-state index is 5.74. The van der Waals surface area contributed by atoms with Gasteiger partial charge in [-0.1, -0.05) is 74.1 Å². The topological polar surface area (TPSA) is 18.5 Å². The summed E-state index contributed by atoms with van der Waals surface area (Å²) in [6.07, 6.45) is 5.91. The van der Waals surface area contributed by atoms with Crippen LogP contribution >= 0.6 is 15.8 Å². The van der Waals surface area contributed by atoms with Crippen LogP contribution in [0.15, 0.2) is 47.3 Å². The lowest BCUT2D eigenvalue weighted by molar-refractivity contribution is 0.408. The van der Waals surface area contributed by atoms with Crippen molar-refractivity contribution in [3.05, 3.63) is 69.6 Å². The average molecular weight is 539 g/mol. The van der Waals surface area contributed by atoms with Gasteiger partial charge in [-0.15, -0.1) is 0 Å². The number of hydrogen-bond donors (Lipinski definition) is 0. The molecule has 2 aromatic carbocycles. The molecule has 0 unspecified atom stereocenters. The zero-order valence-corrected chi connectivity index (χ0v) is 27.2. The highest BCUT2D eigenvalue weighted by molar-refractivity contribution is 7.77. The quantitative estimate of drug-likeness (QED) is 0.327. The van der Waals surface area contributed by atoms with Gasteiger partial charge >= 0.3 is 0 Å². The molecule has 0 N–H and O–H groups in total. The van der Waals surface area contributed by atoms with Crippen LogP contribution in [-0.2, 0) is 0 Å². The van der Waals surface area contributed by atoms with Gasteiger partial charge in [0, 0.05) is 0 Å². The van der Waals surface area contributed by atoms with Crippen LogP contribution in [0.1, 0.15) is 77.1 Å². The molecule has 0 aromatic heterocycles. The maximum Gasteiger partial charge on any atom is 0.124 e. The Kier molecular flexibility index (Phi) is 9.09. The van der Waals surface area contributed by atoms with E-state index < -0.39 is 7.92 Å². The highest BCUT2D eigenvalue weighted by Gasteiger charge is 2.40. The fourth-order valence-electron chi connectivity index (χ4n) is 6.62. The Morgan fingerprint density at radius 3 is 1.41 bits per heavy atom. The van der Waals surface area contributed by atoms with Crippen LogP contribution in [0.3, 0.4) is 0 Å². The van der Waals surface area contributed by atoms with Crippen LogP contribution in [0, 0.1) is 27.7 Å². The molecule has 202 valence electrons. The number of rotatable bonds is 7. The van der Waals surface area contributed by atoms with Gasteiger partial charge in [0.05, 0.1) is 14.2 Å². The van der Waals surface area contributed by atoms with Gasteiger partial charge in [-0.2, -0.15) is 0 Å². The minimum Gasteiger partial charge on any atom is -0.496 e. The summed E-state index contributed by atoms with van der Waals surface area (Å²) in [4.78, 5) is 0. The third-order valence-electron chi connectivity index (χ3n) is 7.34. The van der Waals surface area contributed by atoms with E-state index in [0.29, 0.717) is 5.66 Å². The summed E-state index contributed by atoms with van der Waals surface area (Å²) < 4.78 is 11.5. The van der Waals surface area contributed by atoms with E-state index in [1.807, 2.05) is 0 Å². The molecule has 1 aliphatic rings. The predicted molar refractivity (Wildman–Crippen MR) is 168 cm³/mol. The van der Waals surface area contributed by atoms with Crippen molar-refractivity contribution < 1.29 is 9.47 Å². The van der Waals surface area contributed by atoms with Crippen LogP contribution in [0.25, 0.3) is 0 Å². The number of aryl methyl sites for hydroxylation is 4. The van der Waals surface area contributed by atoms with Gasteiger partial charge in [0.1, 0.15) is 11.5 Å². The molecule has 2 aromatic rings. The number of hydrogen-bond acceptors (Lipinski definition) is 2. The van der Waals surface area contributed by atoms with E-state index in [4.69, 9.17) is 9.47 Å². The summed E-state index contributed by atoms with van der Waals surface area (Å²) in [5, 5.41) is 4.89. The van der Waals surface area contributed by atoms with Crippen molar-refractivity contribution in [2.24, 2.45) is 0 Å². The van der Waals surface area contributed by atoms with Crippen LogP contribution in [0.4, 0.5) is 0 Å². The van der Waals surface area contributed by atoms with E-state index in [1.165, 1.54) is 38.2 Å². The Morgan fingerprint density at radius 1 is 0.703 bits per heavy atom. The van der Waals surface area contributed by atoms with E-state index in [1.54, 1.807) is 19.8 Å². The molecule has 0 heterocycles. The molecule has 0 amide bonds. The molecule has 0 saturated carbocycles. The molecule has 0 spiro atoms. The molecule has 0 radical (unpaired) electrons. The first-order valence-electron chi connectivity index (χ1n) is 13.4. The monoisotopic (exact) mass is 538 g/mol. The van der Waals surface area contributed by atoms with Crippen molar-refractivity contribution >= 4 is 26.5 Å². The van der Waals surface area contributed by atoms with Crippen molar-refractivity contribution in [2.75, 3.05) is 14.2 Å². The molecule has 0 fully saturated rings. The van der Waals surface area contributed by atoms with Crippen LogP contribution in [0.5, 0.6) is 11.5 Å². The zero-order valence-electron chi connectivity index (χ0n) is 25.5. The van der Waals surface area contributed by atoms with E-state index >= 15 is 0 Å². The van der Waals surface area contributed by atoms with Gasteiger partial charge in [-0.05, 0) is 120 Å². The van der Waals surface area contributed by atoms with Gasteiger partial charge in [0.15, 0.2) is 0 Å². The second kappa shape index (κ2) is 11.2. The summed E-state index contributed by atoms with van der Waals surface area (Å²) in [6.45, 7) is 25.9. The Morgan fingerprint density at radius 2 is 1.08 bits per heavy atom. The molecular weight excluding hydrogens is 490 g/mol. The number of benzene rings is 2. The average Bonchev–Trinajstić information content (AvgIpc) is 3.21. The normalized spacial score (nSPS) is 15.2. The van der Waals surface area contributed by atoms with Gasteiger partial charge < -0.3 is 9.47 Å². The largest absolute Gasteiger partial charge is 0.496 e. The van der Waals surface area contributed by atoms with Gasteiger partial charge in [0.2, 0.25) is 0 Å². The Balaban J connectivity index is 2.32. The molecule has 1 atom stereocenters. The Labute approximate surface area is 229 Å². The molecule has 0 bridgehead atoms. The van der Waals surface area contributed by atoms with Crippen molar-refractivity contribution in [3.63, 3.8) is 0 Å². The maximum atomic E-state index is 5.74. The van der Waals surface area contributed by atoms with Crippen LogP contribution in [0.2, 0.25) is 0 Å². The third-order valence-corrected chi connectivity index (χ3v) is 13.8. The lowest BCUT2D eigenvalue weighted by Crippen LogP contribution is -2.31. The fraction of sp³-hybridized carbons (Fsp3) is 0.515. The molecule has 4 heteroatoms. The Hall–Kier alpha value is -1.62. The summed E-state index contributed by atoms with van der Waals surface area (Å²) in [5.41, 5.74) is 7.00. The highest BCUT2D eigenvalue weighted by atomic mass is 31.1. The van der Waals surface area contributed by atoms with Crippen molar-refractivity contribution in [2.45, 2.75) is 98.6 Å². The summed E-state index contributed by atoms with van der Waals surface area (Å²) in [5.74, 6) is 1.99. The molecule has 0 saturated heterocycles. The first-order chi connectivity index (χ1) is 17.1. The summed E-state index contributed by atoms with van der Waals surface area (Å²) >= 11 is 0. The highest BCUT2D eigenvalue weighted by Crippen LogP contribution is 2.66. The molecule has 1 aliphatic carbocycles. The van der Waals surface area contributed by atoms with E-state index in [9.17, 15) is 0 Å². The van der Waals surface area contributed by atoms with Crippen LogP contribution < -0.4 is 20.1 Å². The number of methoxy groups -OCH3 is 2. The number of ether oxygens (including phenoxy) is 2. The molecule has 0 aliphatic heterocycles. The van der Waals surface area contributed by atoms with Gasteiger partial charge in [0.25, 0.3) is 0 Å². The van der Waals surface area contributed by atoms with E-state index in [-0.39, 0.29) is 18.2 Å². The van der Waals surface area contributed by atoms with Crippen molar-refractivity contribution in [1.29, 1.82) is 0 Å². The first-order valence-corrected chi connectivity index (χ1v) is 16.2. The molecule has 3 rings (SSSR count). The van der Waals surface area contributed by atoms with Crippen molar-refractivity contribution in [3.8, 4) is 11.5 Å². The summed E-state index contributed by atoms with van der Waals surface area (Å²) in [7, 11) is 2.55. The third kappa shape index (κ3) is 6.18. The zero-order chi connectivity index (χ0) is 27.9. The smallest absolute Gasteiger partial charge is 0.124 e. The minimum absolute atomic E-state index is 0.272. The van der Waals surface area contributed by atoms with Gasteiger partial charge in [-0.25, -0.2) is 0 Å². The minimum atomic E-state index is -0.728. The number of allylic oxidation sites excluding steroid dienone is 4. The van der Waals surface area contributed by atoms with E-state index in [2.05, 4.69) is 113 Å².